The van der Waals surface area contributed by atoms with Crippen molar-refractivity contribution in [3.8, 4) is 0 Å². The van der Waals surface area contributed by atoms with Gasteiger partial charge in [-0.1, -0.05) is 0 Å². The van der Waals surface area contributed by atoms with Gasteiger partial charge in [0.1, 0.15) is 6.10 Å². The summed E-state index contributed by atoms with van der Waals surface area (Å²) in [4.78, 5) is 12.4. The van der Waals surface area contributed by atoms with Gasteiger partial charge >= 0.3 is 5.97 Å². The number of hydrogen-bond acceptors (Lipinski definition) is 5. The number of carbonyl (C=O) groups excluding carboxylic acids is 1. The van der Waals surface area contributed by atoms with Gasteiger partial charge in [-0.15, -0.1) is 0 Å². The second kappa shape index (κ2) is 6.82. The Hall–Kier alpha value is -0.650. The van der Waals surface area contributed by atoms with Crippen LogP contribution in [0.1, 0.15) is 81.1 Å². The van der Waals surface area contributed by atoms with Gasteiger partial charge in [0.05, 0.1) is 6.54 Å². The van der Waals surface area contributed by atoms with Crippen molar-refractivity contribution in [2.24, 2.45) is 0 Å². The molecule has 146 valence electrons. The van der Waals surface area contributed by atoms with Crippen molar-refractivity contribution in [3.05, 3.63) is 0 Å². The molecule has 2 rings (SSSR count). The maximum absolute atomic E-state index is 12.4. The molecule has 3 N–H and O–H groups in total. The molecule has 0 aliphatic carbocycles. The standard InChI is InChI=1S/C20H39N3O2/c1-17(2)9-14(10-18(3,4)22-17)21-13-16(24)25-15-11-19(5,6)23-20(7,8)12-15/h14-15,21-23H,9-13H2,1-8H3. The zero-order valence-electron chi connectivity index (χ0n) is 17.5. The van der Waals surface area contributed by atoms with Crippen LogP contribution in [0.5, 0.6) is 0 Å². The minimum Gasteiger partial charge on any atom is -0.461 e. The highest BCUT2D eigenvalue weighted by Crippen LogP contribution is 2.31. The maximum atomic E-state index is 12.4. The summed E-state index contributed by atoms with van der Waals surface area (Å²) >= 11 is 0. The molecule has 0 saturated carbocycles. The van der Waals surface area contributed by atoms with E-state index in [1.54, 1.807) is 0 Å². The number of hydrogen-bond donors (Lipinski definition) is 3. The number of ether oxygens (including phenoxy) is 1. The van der Waals surface area contributed by atoms with Crippen LogP contribution in [0.3, 0.4) is 0 Å². The number of piperidine rings is 2. The summed E-state index contributed by atoms with van der Waals surface area (Å²) < 4.78 is 5.80. The minimum atomic E-state index is -0.132. The molecule has 2 aliphatic heterocycles. The lowest BCUT2D eigenvalue weighted by molar-refractivity contribution is -0.152. The van der Waals surface area contributed by atoms with Gasteiger partial charge in [0, 0.05) is 41.0 Å². The van der Waals surface area contributed by atoms with Crippen LogP contribution in [0.15, 0.2) is 0 Å². The van der Waals surface area contributed by atoms with Crippen molar-refractivity contribution in [2.45, 2.75) is 115 Å². The summed E-state index contributed by atoms with van der Waals surface area (Å²) in [5.41, 5.74) is 0.130. The summed E-state index contributed by atoms with van der Waals surface area (Å²) in [6.07, 6.45) is 3.72. The molecule has 0 bridgehead atoms. The van der Waals surface area contributed by atoms with Gasteiger partial charge in [0.25, 0.3) is 0 Å². The van der Waals surface area contributed by atoms with Crippen LogP contribution in [-0.4, -0.2) is 46.8 Å². The molecular weight excluding hydrogens is 314 g/mol. The van der Waals surface area contributed by atoms with Crippen molar-refractivity contribution in [1.29, 1.82) is 0 Å². The smallest absolute Gasteiger partial charge is 0.320 e. The number of rotatable bonds is 4. The molecule has 25 heavy (non-hydrogen) atoms. The Morgan fingerprint density at radius 3 is 1.68 bits per heavy atom. The Kier molecular flexibility index (Phi) is 5.64. The Balaban J connectivity index is 1.84. The van der Waals surface area contributed by atoms with Crippen LogP contribution < -0.4 is 16.0 Å². The van der Waals surface area contributed by atoms with Gasteiger partial charge in [-0.2, -0.15) is 0 Å². The summed E-state index contributed by atoms with van der Waals surface area (Å²) in [5, 5.41) is 10.7. The van der Waals surface area contributed by atoms with Crippen LogP contribution in [0.25, 0.3) is 0 Å². The van der Waals surface area contributed by atoms with Crippen molar-refractivity contribution in [1.82, 2.24) is 16.0 Å². The van der Waals surface area contributed by atoms with E-state index in [9.17, 15) is 4.79 Å². The fraction of sp³-hybridized carbons (Fsp3) is 0.950. The van der Waals surface area contributed by atoms with Crippen molar-refractivity contribution in [3.63, 3.8) is 0 Å². The Morgan fingerprint density at radius 2 is 1.24 bits per heavy atom. The highest BCUT2D eigenvalue weighted by atomic mass is 16.5. The first-order valence-electron chi connectivity index (χ1n) is 9.69. The average Bonchev–Trinajstić information content (AvgIpc) is 2.28. The van der Waals surface area contributed by atoms with Crippen LogP contribution in [0.4, 0.5) is 0 Å². The highest BCUT2D eigenvalue weighted by molar-refractivity contribution is 5.71. The molecule has 5 nitrogen and oxygen atoms in total. The SMILES string of the molecule is CC1(C)CC(NCC(=O)OC2CC(C)(C)NC(C)(C)C2)CC(C)(C)N1. The minimum absolute atomic E-state index is 0.0107. The zero-order valence-corrected chi connectivity index (χ0v) is 17.5. The molecule has 5 heteroatoms. The summed E-state index contributed by atoms with van der Waals surface area (Å²) in [5.74, 6) is -0.132. The summed E-state index contributed by atoms with van der Waals surface area (Å²) in [6, 6.07) is 0.333. The van der Waals surface area contributed by atoms with Gasteiger partial charge in [-0.25, -0.2) is 0 Å². The first-order valence-corrected chi connectivity index (χ1v) is 9.69. The lowest BCUT2D eigenvalue weighted by atomic mass is 9.79. The maximum Gasteiger partial charge on any atom is 0.320 e. The van der Waals surface area contributed by atoms with Crippen LogP contribution in [0, 0.1) is 0 Å². The molecule has 2 aliphatic rings. The van der Waals surface area contributed by atoms with Crippen LogP contribution in [0.2, 0.25) is 0 Å². The first-order chi connectivity index (χ1) is 11.2. The Bertz CT molecular complexity index is 465. The average molecular weight is 354 g/mol. The third-order valence-electron chi connectivity index (χ3n) is 5.18. The van der Waals surface area contributed by atoms with E-state index in [2.05, 4.69) is 71.3 Å². The van der Waals surface area contributed by atoms with Gasteiger partial charge in [-0.3, -0.25) is 4.79 Å². The third kappa shape index (κ3) is 6.54. The fourth-order valence-corrected chi connectivity index (χ4v) is 5.23. The van der Waals surface area contributed by atoms with E-state index in [1.807, 2.05) is 0 Å². The fourth-order valence-electron chi connectivity index (χ4n) is 5.23. The molecule has 2 saturated heterocycles. The second-order valence-corrected chi connectivity index (χ2v) is 10.8. The number of nitrogens with one attached hydrogen (secondary N) is 3. The molecule has 0 aromatic rings. The van der Waals surface area contributed by atoms with Gasteiger partial charge in [0.15, 0.2) is 0 Å². The van der Waals surface area contributed by atoms with Crippen molar-refractivity contribution < 1.29 is 9.53 Å². The van der Waals surface area contributed by atoms with Gasteiger partial charge < -0.3 is 20.7 Å². The molecule has 0 aromatic heterocycles. The quantitative estimate of drug-likeness (QED) is 0.679. The first kappa shape index (κ1) is 20.7. The van der Waals surface area contributed by atoms with E-state index >= 15 is 0 Å². The van der Waals surface area contributed by atoms with Gasteiger partial charge in [-0.05, 0) is 68.2 Å². The van der Waals surface area contributed by atoms with E-state index in [4.69, 9.17) is 4.74 Å². The second-order valence-electron chi connectivity index (χ2n) is 10.8. The van der Waals surface area contributed by atoms with E-state index in [-0.39, 0.29) is 34.2 Å². The molecule has 0 unspecified atom stereocenters. The molecular formula is C20H39N3O2. The molecule has 2 heterocycles. The van der Waals surface area contributed by atoms with Crippen molar-refractivity contribution in [2.75, 3.05) is 6.54 Å². The molecule has 0 amide bonds. The normalized spacial score (nSPS) is 28.5. The highest BCUT2D eigenvalue weighted by Gasteiger charge is 2.40. The summed E-state index contributed by atoms with van der Waals surface area (Å²) in [6.45, 7) is 17.9. The predicted molar refractivity (Wildman–Crippen MR) is 103 cm³/mol. The van der Waals surface area contributed by atoms with Crippen LogP contribution in [-0.2, 0) is 9.53 Å². The van der Waals surface area contributed by atoms with E-state index in [0.29, 0.717) is 12.6 Å². The molecule has 0 aromatic carbocycles. The molecule has 0 atom stereocenters. The van der Waals surface area contributed by atoms with E-state index in [1.165, 1.54) is 0 Å². The predicted octanol–water partition coefficient (Wildman–Crippen LogP) is 2.74. The third-order valence-corrected chi connectivity index (χ3v) is 5.18. The monoisotopic (exact) mass is 353 g/mol. The zero-order chi connectivity index (χ0) is 19.1. The Labute approximate surface area is 154 Å². The topological polar surface area (TPSA) is 62.4 Å². The van der Waals surface area contributed by atoms with Crippen molar-refractivity contribution >= 4 is 5.97 Å². The van der Waals surface area contributed by atoms with Gasteiger partial charge in [0.2, 0.25) is 0 Å². The lowest BCUT2D eigenvalue weighted by Gasteiger charge is -2.47. The summed E-state index contributed by atoms with van der Waals surface area (Å²) in [7, 11) is 0. The molecule has 0 radical (unpaired) electrons. The molecule has 2 fully saturated rings. The Morgan fingerprint density at radius 1 is 0.840 bits per heavy atom. The largest absolute Gasteiger partial charge is 0.461 e. The van der Waals surface area contributed by atoms with E-state index < -0.39 is 0 Å². The van der Waals surface area contributed by atoms with Crippen LogP contribution >= 0.6 is 0 Å². The number of carbonyl (C=O) groups is 1. The van der Waals surface area contributed by atoms with E-state index in [0.717, 1.165) is 25.7 Å². The lowest BCUT2D eigenvalue weighted by Crippen LogP contribution is -2.62. The molecule has 0 spiro atoms. The number of esters is 1.